The van der Waals surface area contributed by atoms with Crippen molar-refractivity contribution in [2.45, 2.75) is 49.7 Å². The molecule has 0 aromatic carbocycles. The lowest BCUT2D eigenvalue weighted by molar-refractivity contribution is 0.0656. The summed E-state index contributed by atoms with van der Waals surface area (Å²) in [6.07, 6.45) is 5.89. The van der Waals surface area contributed by atoms with Gasteiger partial charge in [0.05, 0.1) is 0 Å². The number of hydrogen-bond donors (Lipinski definition) is 2. The minimum absolute atomic E-state index is 0.0918. The molecule has 7 heteroatoms. The van der Waals surface area contributed by atoms with Gasteiger partial charge < -0.3 is 9.52 Å². The Kier molecular flexibility index (Phi) is 4.26. The normalized spacial score (nSPS) is 18.1. The average Bonchev–Trinajstić information content (AvgIpc) is 2.72. The molecule has 0 atom stereocenters. The van der Waals surface area contributed by atoms with E-state index in [1.165, 1.54) is 6.07 Å². The van der Waals surface area contributed by atoms with E-state index in [1.807, 2.05) is 0 Å². The van der Waals surface area contributed by atoms with Crippen LogP contribution in [0.5, 0.6) is 0 Å². The first-order chi connectivity index (χ1) is 8.99. The van der Waals surface area contributed by atoms with Gasteiger partial charge >= 0.3 is 5.97 Å². The summed E-state index contributed by atoms with van der Waals surface area (Å²) in [5.41, 5.74) is 0. The Bertz CT molecular complexity index is 540. The molecular weight excluding hydrogens is 270 g/mol. The average molecular weight is 287 g/mol. The van der Waals surface area contributed by atoms with E-state index in [9.17, 15) is 13.2 Å². The van der Waals surface area contributed by atoms with Crippen LogP contribution in [0, 0.1) is 0 Å². The molecule has 0 bridgehead atoms. The molecular formula is C12H17NO5S. The Hall–Kier alpha value is -1.34. The summed E-state index contributed by atoms with van der Waals surface area (Å²) in [5.74, 6) is -1.66. The van der Waals surface area contributed by atoms with E-state index in [-0.39, 0.29) is 16.9 Å². The SMILES string of the molecule is O=C(O)c1ccc(S(=O)(=O)NC2CCCCCC2)o1. The number of carbonyl (C=O) groups is 1. The molecule has 1 aromatic rings. The van der Waals surface area contributed by atoms with Crippen LogP contribution in [-0.4, -0.2) is 25.5 Å². The molecule has 1 aromatic heterocycles. The molecule has 2 rings (SSSR count). The van der Waals surface area contributed by atoms with Gasteiger partial charge in [0.15, 0.2) is 0 Å². The zero-order valence-corrected chi connectivity index (χ0v) is 11.3. The van der Waals surface area contributed by atoms with Crippen molar-refractivity contribution in [1.29, 1.82) is 0 Å². The molecule has 0 spiro atoms. The lowest BCUT2D eigenvalue weighted by atomic mass is 10.1. The fraction of sp³-hybridized carbons (Fsp3) is 0.583. The van der Waals surface area contributed by atoms with Crippen LogP contribution in [0.15, 0.2) is 21.6 Å². The summed E-state index contributed by atoms with van der Waals surface area (Å²) in [6, 6.07) is 2.22. The van der Waals surface area contributed by atoms with Gasteiger partial charge in [0, 0.05) is 6.04 Å². The highest BCUT2D eigenvalue weighted by atomic mass is 32.2. The number of hydrogen-bond acceptors (Lipinski definition) is 4. The van der Waals surface area contributed by atoms with E-state index in [4.69, 9.17) is 9.52 Å². The molecule has 19 heavy (non-hydrogen) atoms. The molecule has 6 nitrogen and oxygen atoms in total. The molecule has 0 amide bonds. The zero-order valence-electron chi connectivity index (χ0n) is 10.5. The summed E-state index contributed by atoms with van der Waals surface area (Å²) in [6.45, 7) is 0. The summed E-state index contributed by atoms with van der Waals surface area (Å²) < 4.78 is 31.5. The summed E-state index contributed by atoms with van der Waals surface area (Å²) >= 11 is 0. The van der Waals surface area contributed by atoms with Crippen molar-refractivity contribution in [2.24, 2.45) is 0 Å². The van der Waals surface area contributed by atoms with Gasteiger partial charge in [-0.05, 0) is 25.0 Å². The Morgan fingerprint density at radius 3 is 2.37 bits per heavy atom. The van der Waals surface area contributed by atoms with Crippen LogP contribution >= 0.6 is 0 Å². The number of sulfonamides is 1. The number of rotatable bonds is 4. The molecule has 1 heterocycles. The maximum Gasteiger partial charge on any atom is 0.371 e. The van der Waals surface area contributed by atoms with Crippen LogP contribution in [0.4, 0.5) is 0 Å². The molecule has 1 saturated carbocycles. The van der Waals surface area contributed by atoms with Crippen LogP contribution in [0.1, 0.15) is 49.1 Å². The molecule has 0 saturated heterocycles. The molecule has 2 N–H and O–H groups in total. The highest BCUT2D eigenvalue weighted by Crippen LogP contribution is 2.20. The van der Waals surface area contributed by atoms with Gasteiger partial charge in [0.1, 0.15) is 0 Å². The Balaban J connectivity index is 2.10. The van der Waals surface area contributed by atoms with Crippen LogP contribution in [0.2, 0.25) is 0 Å². The molecule has 0 aliphatic heterocycles. The lowest BCUT2D eigenvalue weighted by Gasteiger charge is -2.14. The van der Waals surface area contributed by atoms with Gasteiger partial charge in [-0.1, -0.05) is 25.7 Å². The fourth-order valence-electron chi connectivity index (χ4n) is 2.25. The number of aromatic carboxylic acids is 1. The van der Waals surface area contributed by atoms with E-state index in [1.54, 1.807) is 0 Å². The minimum atomic E-state index is -3.77. The van der Waals surface area contributed by atoms with Crippen molar-refractivity contribution in [2.75, 3.05) is 0 Å². The van der Waals surface area contributed by atoms with Gasteiger partial charge in [0.2, 0.25) is 10.9 Å². The van der Waals surface area contributed by atoms with Crippen molar-refractivity contribution >= 4 is 16.0 Å². The topological polar surface area (TPSA) is 96.6 Å². The standard InChI is InChI=1S/C12H17NO5S/c14-12(15)10-7-8-11(18-10)19(16,17)13-9-5-3-1-2-4-6-9/h7-9,13H,1-6H2,(H,14,15). The van der Waals surface area contributed by atoms with Crippen LogP contribution < -0.4 is 4.72 Å². The fourth-order valence-corrected chi connectivity index (χ4v) is 3.49. The second-order valence-electron chi connectivity index (χ2n) is 4.73. The van der Waals surface area contributed by atoms with E-state index in [0.29, 0.717) is 0 Å². The van der Waals surface area contributed by atoms with Crippen LogP contribution in [-0.2, 0) is 10.0 Å². The zero-order chi connectivity index (χ0) is 13.9. The van der Waals surface area contributed by atoms with Gasteiger partial charge in [-0.2, -0.15) is 0 Å². The molecule has 0 radical (unpaired) electrons. The Morgan fingerprint density at radius 2 is 1.84 bits per heavy atom. The van der Waals surface area contributed by atoms with Gasteiger partial charge in [-0.3, -0.25) is 0 Å². The van der Waals surface area contributed by atoms with Crippen LogP contribution in [0.25, 0.3) is 0 Å². The molecule has 0 unspecified atom stereocenters. The number of nitrogens with one attached hydrogen (secondary N) is 1. The number of furan rings is 1. The predicted octanol–water partition coefficient (Wildman–Crippen LogP) is 1.98. The lowest BCUT2D eigenvalue weighted by Crippen LogP contribution is -2.34. The smallest absolute Gasteiger partial charge is 0.371 e. The number of carboxylic acid groups (broad SMARTS) is 1. The minimum Gasteiger partial charge on any atom is -0.475 e. The summed E-state index contributed by atoms with van der Waals surface area (Å²) in [4.78, 5) is 10.7. The second-order valence-corrected chi connectivity index (χ2v) is 6.38. The number of carboxylic acids is 1. The Labute approximate surface area is 111 Å². The molecule has 1 aliphatic rings. The second kappa shape index (κ2) is 5.75. The van der Waals surface area contributed by atoms with Crippen molar-refractivity contribution in [3.8, 4) is 0 Å². The predicted molar refractivity (Wildman–Crippen MR) is 67.5 cm³/mol. The maximum absolute atomic E-state index is 12.1. The van der Waals surface area contributed by atoms with Crippen molar-refractivity contribution in [3.05, 3.63) is 17.9 Å². The molecule has 1 fully saturated rings. The van der Waals surface area contributed by atoms with Gasteiger partial charge in [-0.15, -0.1) is 0 Å². The van der Waals surface area contributed by atoms with Gasteiger partial charge in [0.25, 0.3) is 10.0 Å². The third kappa shape index (κ3) is 3.57. The third-order valence-corrected chi connectivity index (χ3v) is 4.63. The molecule has 1 aliphatic carbocycles. The summed E-state index contributed by atoms with van der Waals surface area (Å²) in [5, 5.41) is 8.37. The van der Waals surface area contributed by atoms with Gasteiger partial charge in [-0.25, -0.2) is 17.9 Å². The first-order valence-corrected chi connectivity index (χ1v) is 7.83. The monoisotopic (exact) mass is 287 g/mol. The quantitative estimate of drug-likeness (QED) is 0.825. The van der Waals surface area contributed by atoms with Crippen LogP contribution in [0.3, 0.4) is 0 Å². The first kappa shape index (κ1) is 14.1. The van der Waals surface area contributed by atoms with E-state index in [2.05, 4.69) is 4.72 Å². The van der Waals surface area contributed by atoms with Crippen molar-refractivity contribution < 1.29 is 22.7 Å². The largest absolute Gasteiger partial charge is 0.475 e. The van der Waals surface area contributed by atoms with Crippen molar-refractivity contribution in [3.63, 3.8) is 0 Å². The third-order valence-electron chi connectivity index (χ3n) is 3.23. The Morgan fingerprint density at radius 1 is 1.21 bits per heavy atom. The molecule has 106 valence electrons. The van der Waals surface area contributed by atoms with E-state index in [0.717, 1.165) is 44.6 Å². The highest BCUT2D eigenvalue weighted by molar-refractivity contribution is 7.89. The van der Waals surface area contributed by atoms with E-state index >= 15 is 0 Å². The van der Waals surface area contributed by atoms with Crippen molar-refractivity contribution in [1.82, 2.24) is 4.72 Å². The highest BCUT2D eigenvalue weighted by Gasteiger charge is 2.25. The maximum atomic E-state index is 12.1. The first-order valence-electron chi connectivity index (χ1n) is 6.34. The van der Waals surface area contributed by atoms with E-state index < -0.39 is 16.0 Å². The summed E-state index contributed by atoms with van der Waals surface area (Å²) in [7, 11) is -3.77.